The van der Waals surface area contributed by atoms with Gasteiger partial charge in [-0.3, -0.25) is 14.0 Å². The van der Waals surface area contributed by atoms with Gasteiger partial charge in [0.2, 0.25) is 10.0 Å². The number of Topliss-reactive ketones (excluding diaryl/α,β-unsaturated/α-hetero) is 1. The third-order valence-corrected chi connectivity index (χ3v) is 6.96. The highest BCUT2D eigenvalue weighted by Gasteiger charge is 2.27. The van der Waals surface area contributed by atoms with Crippen molar-refractivity contribution in [2.75, 3.05) is 36.7 Å². The molecule has 0 saturated heterocycles. The molecule has 0 radical (unpaired) electrons. The Morgan fingerprint density at radius 2 is 1.83 bits per heavy atom. The third kappa shape index (κ3) is 4.39. The smallest absolute Gasteiger partial charge is 0.232 e. The van der Waals surface area contributed by atoms with E-state index in [1.54, 1.807) is 12.1 Å². The zero-order chi connectivity index (χ0) is 20.6. The standard InChI is InChI=1S/C22H23ClN2O3S/c1-29(27,28)25-13-10-18-14-19(4-7-21(18)25)22(26)15-24-11-8-17(9-12-24)16-2-5-20(23)6-3-16/h2-8,14H,9-13,15H2,1H3. The molecule has 0 fully saturated rings. The summed E-state index contributed by atoms with van der Waals surface area (Å²) < 4.78 is 25.1. The van der Waals surface area contributed by atoms with Crippen molar-refractivity contribution in [2.24, 2.45) is 0 Å². The Morgan fingerprint density at radius 3 is 2.48 bits per heavy atom. The first-order valence-electron chi connectivity index (χ1n) is 9.62. The molecule has 0 bridgehead atoms. The second kappa shape index (κ2) is 7.94. The number of benzene rings is 2. The Hall–Kier alpha value is -2.15. The number of rotatable bonds is 5. The molecular weight excluding hydrogens is 408 g/mol. The van der Waals surface area contributed by atoms with Crippen molar-refractivity contribution in [2.45, 2.75) is 12.8 Å². The summed E-state index contributed by atoms with van der Waals surface area (Å²) in [7, 11) is -3.28. The normalized spacial score (nSPS) is 17.2. The fraction of sp³-hybridized carbons (Fsp3) is 0.318. The summed E-state index contributed by atoms with van der Waals surface area (Å²) in [6, 6.07) is 13.2. The van der Waals surface area contributed by atoms with Crippen LogP contribution in [0.1, 0.15) is 27.9 Å². The topological polar surface area (TPSA) is 57.7 Å². The fourth-order valence-corrected chi connectivity index (χ4v) is 5.05. The van der Waals surface area contributed by atoms with Gasteiger partial charge in [-0.1, -0.05) is 29.8 Å². The van der Waals surface area contributed by atoms with Gasteiger partial charge in [0.05, 0.1) is 18.5 Å². The lowest BCUT2D eigenvalue weighted by molar-refractivity contribution is 0.0937. The molecule has 0 unspecified atom stereocenters. The van der Waals surface area contributed by atoms with E-state index in [0.717, 1.165) is 30.1 Å². The maximum Gasteiger partial charge on any atom is 0.232 e. The number of ketones is 1. The molecule has 152 valence electrons. The van der Waals surface area contributed by atoms with Crippen LogP contribution in [-0.2, 0) is 16.4 Å². The number of carbonyl (C=O) groups is 1. The molecule has 2 heterocycles. The highest BCUT2D eigenvalue weighted by atomic mass is 35.5. The van der Waals surface area contributed by atoms with Gasteiger partial charge in [-0.25, -0.2) is 8.42 Å². The Balaban J connectivity index is 1.41. The number of sulfonamides is 1. The lowest BCUT2D eigenvalue weighted by atomic mass is 9.99. The number of hydrogen-bond acceptors (Lipinski definition) is 4. The number of anilines is 1. The molecule has 2 aromatic rings. The zero-order valence-electron chi connectivity index (χ0n) is 16.3. The summed E-state index contributed by atoms with van der Waals surface area (Å²) in [6.45, 7) is 2.36. The van der Waals surface area contributed by atoms with E-state index in [9.17, 15) is 13.2 Å². The zero-order valence-corrected chi connectivity index (χ0v) is 17.8. The molecule has 2 aliphatic heterocycles. The van der Waals surface area contributed by atoms with Crippen LogP contribution >= 0.6 is 11.6 Å². The Labute approximate surface area is 176 Å². The summed E-state index contributed by atoms with van der Waals surface area (Å²) in [6.07, 6.45) is 4.92. The Bertz CT molecular complexity index is 1080. The van der Waals surface area contributed by atoms with Gasteiger partial charge in [0.1, 0.15) is 0 Å². The first-order chi connectivity index (χ1) is 13.8. The van der Waals surface area contributed by atoms with E-state index in [0.29, 0.717) is 30.8 Å². The lowest BCUT2D eigenvalue weighted by Gasteiger charge is -2.26. The van der Waals surface area contributed by atoms with Crippen molar-refractivity contribution in [3.8, 4) is 0 Å². The van der Waals surface area contributed by atoms with Crippen molar-refractivity contribution < 1.29 is 13.2 Å². The summed E-state index contributed by atoms with van der Waals surface area (Å²) in [5.74, 6) is 0.0638. The van der Waals surface area contributed by atoms with Crippen LogP contribution in [0.5, 0.6) is 0 Å². The summed E-state index contributed by atoms with van der Waals surface area (Å²) in [5, 5.41) is 0.728. The highest BCUT2D eigenvalue weighted by molar-refractivity contribution is 7.92. The molecule has 0 amide bonds. The number of fused-ring (bicyclic) bond motifs is 1. The van der Waals surface area contributed by atoms with Crippen LogP contribution in [-0.4, -0.2) is 51.5 Å². The Kier molecular flexibility index (Phi) is 5.51. The van der Waals surface area contributed by atoms with E-state index in [1.165, 1.54) is 21.7 Å². The number of hydrogen-bond donors (Lipinski definition) is 0. The van der Waals surface area contributed by atoms with Crippen LogP contribution in [0, 0.1) is 0 Å². The van der Waals surface area contributed by atoms with E-state index < -0.39 is 10.0 Å². The quantitative estimate of drug-likeness (QED) is 0.679. The van der Waals surface area contributed by atoms with Gasteiger partial charge in [0.15, 0.2) is 5.78 Å². The second-order valence-electron chi connectivity index (χ2n) is 7.57. The van der Waals surface area contributed by atoms with Gasteiger partial charge >= 0.3 is 0 Å². The molecule has 0 aliphatic carbocycles. The maximum absolute atomic E-state index is 12.8. The second-order valence-corrected chi connectivity index (χ2v) is 9.92. The van der Waals surface area contributed by atoms with Crippen molar-refractivity contribution in [1.29, 1.82) is 0 Å². The molecule has 2 aromatic carbocycles. The summed E-state index contributed by atoms with van der Waals surface area (Å²) in [5.41, 5.74) is 4.71. The van der Waals surface area contributed by atoms with Gasteiger partial charge in [-0.05, 0) is 59.9 Å². The van der Waals surface area contributed by atoms with Gasteiger partial charge < -0.3 is 0 Å². The van der Waals surface area contributed by atoms with Gasteiger partial charge in [0, 0.05) is 30.2 Å². The minimum absolute atomic E-state index is 0.0638. The van der Waals surface area contributed by atoms with E-state index in [-0.39, 0.29) is 5.78 Å². The molecule has 2 aliphatic rings. The van der Waals surface area contributed by atoms with Crippen molar-refractivity contribution in [1.82, 2.24) is 4.90 Å². The molecule has 0 spiro atoms. The van der Waals surface area contributed by atoms with E-state index in [2.05, 4.69) is 11.0 Å². The molecule has 0 N–H and O–H groups in total. The summed E-state index contributed by atoms with van der Waals surface area (Å²) in [4.78, 5) is 14.9. The van der Waals surface area contributed by atoms with Crippen LogP contribution in [0.25, 0.3) is 5.57 Å². The third-order valence-electron chi connectivity index (χ3n) is 5.53. The first kappa shape index (κ1) is 20.1. The number of carbonyl (C=O) groups excluding carboxylic acids is 1. The van der Waals surface area contributed by atoms with Crippen LogP contribution in [0.2, 0.25) is 5.02 Å². The SMILES string of the molecule is CS(=O)(=O)N1CCc2cc(C(=O)CN3CC=C(c4ccc(Cl)cc4)CC3)ccc21. The molecule has 4 rings (SSSR count). The van der Waals surface area contributed by atoms with E-state index in [1.807, 2.05) is 30.3 Å². The number of halogens is 1. The predicted octanol–water partition coefficient (Wildman–Crippen LogP) is 3.63. The monoisotopic (exact) mass is 430 g/mol. The highest BCUT2D eigenvalue weighted by Crippen LogP contribution is 2.31. The predicted molar refractivity (Wildman–Crippen MR) is 117 cm³/mol. The minimum atomic E-state index is -3.28. The van der Waals surface area contributed by atoms with Crippen molar-refractivity contribution in [3.05, 3.63) is 70.3 Å². The van der Waals surface area contributed by atoms with E-state index in [4.69, 9.17) is 11.6 Å². The fourth-order valence-electron chi connectivity index (χ4n) is 3.96. The molecule has 0 saturated carbocycles. The first-order valence-corrected chi connectivity index (χ1v) is 11.8. The van der Waals surface area contributed by atoms with Crippen molar-refractivity contribution >= 4 is 38.7 Å². The molecule has 0 aromatic heterocycles. The summed E-state index contributed by atoms with van der Waals surface area (Å²) >= 11 is 5.96. The van der Waals surface area contributed by atoms with Crippen LogP contribution in [0.15, 0.2) is 48.5 Å². The van der Waals surface area contributed by atoms with Crippen LogP contribution < -0.4 is 4.31 Å². The maximum atomic E-state index is 12.8. The average molecular weight is 431 g/mol. The largest absolute Gasteiger partial charge is 0.293 e. The van der Waals surface area contributed by atoms with E-state index >= 15 is 0 Å². The molecule has 29 heavy (non-hydrogen) atoms. The molecular formula is C22H23ClN2O3S. The van der Waals surface area contributed by atoms with Gasteiger partial charge in [0.25, 0.3) is 0 Å². The minimum Gasteiger partial charge on any atom is -0.293 e. The van der Waals surface area contributed by atoms with Crippen LogP contribution in [0.3, 0.4) is 0 Å². The average Bonchev–Trinajstić information content (AvgIpc) is 3.13. The lowest BCUT2D eigenvalue weighted by Crippen LogP contribution is -2.33. The molecule has 5 nitrogen and oxygen atoms in total. The molecule has 7 heteroatoms. The van der Waals surface area contributed by atoms with Gasteiger partial charge in [-0.15, -0.1) is 0 Å². The molecule has 0 atom stereocenters. The number of nitrogens with zero attached hydrogens (tertiary/aromatic N) is 2. The van der Waals surface area contributed by atoms with Gasteiger partial charge in [-0.2, -0.15) is 0 Å². The van der Waals surface area contributed by atoms with Crippen LogP contribution in [0.4, 0.5) is 5.69 Å². The van der Waals surface area contributed by atoms with Crippen molar-refractivity contribution in [3.63, 3.8) is 0 Å². The Morgan fingerprint density at radius 1 is 1.07 bits per heavy atom.